The Morgan fingerprint density at radius 1 is 1.03 bits per heavy atom. The molecule has 6 nitrogen and oxygen atoms in total. The molecule has 1 aromatic heterocycles. The molecule has 0 atom stereocenters. The summed E-state index contributed by atoms with van der Waals surface area (Å²) in [5.74, 6) is 0.736. The Balaban J connectivity index is 1.45. The van der Waals surface area contributed by atoms with Crippen LogP contribution in [-0.2, 0) is 6.61 Å². The number of nitrogens with zero attached hydrogens (tertiary/aromatic N) is 2. The molecular weight excluding hydrogens is 624 g/mol. The molecule has 0 saturated carbocycles. The summed E-state index contributed by atoms with van der Waals surface area (Å²) in [6, 6.07) is 20.6. The van der Waals surface area contributed by atoms with Gasteiger partial charge in [0.25, 0.3) is 5.91 Å². The highest BCUT2D eigenvalue weighted by Gasteiger charge is 2.14. The van der Waals surface area contributed by atoms with Crippen LogP contribution in [0.3, 0.4) is 0 Å². The number of rotatable bonds is 8. The van der Waals surface area contributed by atoms with Crippen molar-refractivity contribution in [3.63, 3.8) is 0 Å². The highest BCUT2D eigenvalue weighted by Crippen LogP contribution is 2.34. The molecule has 0 saturated heterocycles. The molecule has 0 unspecified atom stereocenters. The van der Waals surface area contributed by atoms with Crippen LogP contribution in [0.2, 0.25) is 10.0 Å². The Morgan fingerprint density at radius 3 is 2.43 bits per heavy atom. The summed E-state index contributed by atoms with van der Waals surface area (Å²) < 4.78 is 14.4. The van der Waals surface area contributed by atoms with E-state index >= 15 is 0 Å². The Bertz CT molecular complexity index is 1460. The molecule has 3 aromatic carbocycles. The second-order valence-corrected chi connectivity index (χ2v) is 10.2. The highest BCUT2D eigenvalue weighted by molar-refractivity contribution is 14.1. The maximum atomic E-state index is 12.7. The number of hydrogen-bond acceptors (Lipinski definition) is 4. The van der Waals surface area contributed by atoms with Crippen LogP contribution in [0.4, 0.5) is 0 Å². The largest absolute Gasteiger partial charge is 0.493 e. The lowest BCUT2D eigenvalue weighted by Crippen LogP contribution is -2.18. The van der Waals surface area contributed by atoms with Crippen molar-refractivity contribution in [3.05, 3.63) is 108 Å². The molecule has 9 heteroatoms. The van der Waals surface area contributed by atoms with Gasteiger partial charge in [0.1, 0.15) is 6.61 Å². The molecule has 190 valence electrons. The van der Waals surface area contributed by atoms with Crippen LogP contribution in [0, 0.1) is 17.4 Å². The molecule has 0 bridgehead atoms. The van der Waals surface area contributed by atoms with Crippen molar-refractivity contribution < 1.29 is 14.3 Å². The van der Waals surface area contributed by atoms with Crippen molar-refractivity contribution >= 4 is 57.9 Å². The minimum Gasteiger partial charge on any atom is -0.493 e. The van der Waals surface area contributed by atoms with Crippen LogP contribution in [0.25, 0.3) is 5.69 Å². The summed E-state index contributed by atoms with van der Waals surface area (Å²) in [6.07, 6.45) is 1.54. The Labute approximate surface area is 239 Å². The first-order valence-electron chi connectivity index (χ1n) is 11.3. The average Bonchev–Trinajstić information content (AvgIpc) is 3.21. The lowest BCUT2D eigenvalue weighted by Gasteiger charge is -2.14. The summed E-state index contributed by atoms with van der Waals surface area (Å²) in [4.78, 5) is 12.7. The maximum Gasteiger partial charge on any atom is 0.272 e. The summed E-state index contributed by atoms with van der Waals surface area (Å²) in [7, 11) is 1.57. The smallest absolute Gasteiger partial charge is 0.272 e. The van der Waals surface area contributed by atoms with Crippen LogP contribution in [0.5, 0.6) is 11.5 Å². The van der Waals surface area contributed by atoms with Crippen LogP contribution in [-0.4, -0.2) is 23.8 Å². The monoisotopic (exact) mass is 647 g/mol. The van der Waals surface area contributed by atoms with Gasteiger partial charge in [0.15, 0.2) is 11.5 Å². The zero-order valence-electron chi connectivity index (χ0n) is 20.4. The lowest BCUT2D eigenvalue weighted by atomic mass is 10.2. The van der Waals surface area contributed by atoms with E-state index in [9.17, 15) is 4.79 Å². The first-order valence-corrected chi connectivity index (χ1v) is 13.1. The molecule has 1 heterocycles. The number of carbonyl (C=O) groups is 1. The van der Waals surface area contributed by atoms with E-state index in [1.807, 2.05) is 62.4 Å². The van der Waals surface area contributed by atoms with Crippen LogP contribution >= 0.6 is 45.8 Å². The number of aryl methyl sites for hydroxylation is 2. The Hall–Kier alpha value is -3.01. The normalized spacial score (nSPS) is 11.1. The lowest BCUT2D eigenvalue weighted by molar-refractivity contribution is 0.0955. The predicted molar refractivity (Wildman–Crippen MR) is 157 cm³/mol. The number of nitrogens with one attached hydrogen (secondary N) is 1. The number of halogens is 3. The van der Waals surface area contributed by atoms with Crippen LogP contribution in [0.15, 0.2) is 71.8 Å². The van der Waals surface area contributed by atoms with E-state index in [0.29, 0.717) is 33.7 Å². The molecule has 4 aromatic rings. The van der Waals surface area contributed by atoms with Crippen molar-refractivity contribution in [1.29, 1.82) is 0 Å². The number of benzene rings is 3. The zero-order valence-corrected chi connectivity index (χ0v) is 24.1. The van der Waals surface area contributed by atoms with Gasteiger partial charge in [-0.15, -0.1) is 0 Å². The minimum absolute atomic E-state index is 0.304. The van der Waals surface area contributed by atoms with Crippen LogP contribution in [0.1, 0.15) is 32.9 Å². The van der Waals surface area contributed by atoms with E-state index in [4.69, 9.17) is 32.7 Å². The van der Waals surface area contributed by atoms with Crippen LogP contribution < -0.4 is 14.9 Å². The Morgan fingerprint density at radius 2 is 1.76 bits per heavy atom. The van der Waals surface area contributed by atoms with Gasteiger partial charge in [0, 0.05) is 27.7 Å². The molecule has 0 radical (unpaired) electrons. The van der Waals surface area contributed by atoms with E-state index in [0.717, 1.165) is 31.8 Å². The summed E-state index contributed by atoms with van der Waals surface area (Å²) in [5, 5.41) is 5.09. The van der Waals surface area contributed by atoms with Gasteiger partial charge in [-0.1, -0.05) is 41.4 Å². The maximum absolute atomic E-state index is 12.7. The van der Waals surface area contributed by atoms with Crippen molar-refractivity contribution in [3.8, 4) is 17.2 Å². The van der Waals surface area contributed by atoms with E-state index < -0.39 is 5.91 Å². The van der Waals surface area contributed by atoms with Crippen molar-refractivity contribution in [2.75, 3.05) is 7.11 Å². The number of methoxy groups -OCH3 is 1. The van der Waals surface area contributed by atoms with Gasteiger partial charge in [-0.3, -0.25) is 4.79 Å². The fourth-order valence-corrected chi connectivity index (χ4v) is 5.08. The van der Waals surface area contributed by atoms with Crippen molar-refractivity contribution in [2.24, 2.45) is 5.10 Å². The zero-order chi connectivity index (χ0) is 26.5. The van der Waals surface area contributed by atoms with E-state index in [1.165, 1.54) is 6.21 Å². The number of ether oxygens (including phenoxy) is 2. The van der Waals surface area contributed by atoms with Crippen molar-refractivity contribution in [2.45, 2.75) is 20.5 Å². The summed E-state index contributed by atoms with van der Waals surface area (Å²) in [6.45, 7) is 4.34. The molecule has 37 heavy (non-hydrogen) atoms. The summed E-state index contributed by atoms with van der Waals surface area (Å²) >= 11 is 14.8. The summed E-state index contributed by atoms with van der Waals surface area (Å²) in [5.41, 5.74) is 7.54. The molecule has 0 fully saturated rings. The predicted octanol–water partition coefficient (Wildman–Crippen LogP) is 7.36. The number of amides is 1. The fraction of sp³-hybridized carbons (Fsp3) is 0.143. The van der Waals surface area contributed by atoms with Crippen molar-refractivity contribution in [1.82, 2.24) is 9.99 Å². The van der Waals surface area contributed by atoms with Gasteiger partial charge in [-0.05, 0) is 90.5 Å². The minimum atomic E-state index is -0.407. The Kier molecular flexibility index (Phi) is 8.79. The van der Waals surface area contributed by atoms with E-state index in [1.54, 1.807) is 25.3 Å². The van der Waals surface area contributed by atoms with Gasteiger partial charge < -0.3 is 14.0 Å². The third-order valence-corrected chi connectivity index (χ3v) is 7.17. The quantitative estimate of drug-likeness (QED) is 0.124. The van der Waals surface area contributed by atoms with Gasteiger partial charge in [0.05, 0.1) is 27.5 Å². The number of hydrazone groups is 1. The molecule has 0 aliphatic rings. The van der Waals surface area contributed by atoms with Gasteiger partial charge in [-0.25, -0.2) is 5.43 Å². The second kappa shape index (κ2) is 12.0. The average molecular weight is 648 g/mol. The molecule has 0 aliphatic carbocycles. The molecule has 1 N–H and O–H groups in total. The second-order valence-electron chi connectivity index (χ2n) is 8.23. The van der Waals surface area contributed by atoms with Gasteiger partial charge in [0.2, 0.25) is 0 Å². The number of carbonyl (C=O) groups excluding carboxylic acids is 1. The number of hydrogen-bond donors (Lipinski definition) is 1. The fourth-order valence-electron chi connectivity index (χ4n) is 3.85. The van der Waals surface area contributed by atoms with E-state index in [-0.39, 0.29) is 0 Å². The topological polar surface area (TPSA) is 64.8 Å². The first-order chi connectivity index (χ1) is 17.8. The molecule has 4 rings (SSSR count). The SMILES string of the molecule is COc1cc(/C=N\NC(=O)c2ccc(-n3c(C)ccc3C)cc2Cl)cc(I)c1OCc1ccccc1Cl. The van der Waals surface area contributed by atoms with Gasteiger partial charge >= 0.3 is 0 Å². The number of aromatic nitrogens is 1. The standard InChI is InChI=1S/C28H24Cl2IN3O3/c1-17-8-9-18(2)34(17)21-10-11-22(24(30)14-21)28(35)33-32-15-19-12-25(31)27(26(13-19)36-3)37-16-20-6-4-5-7-23(20)29/h4-15H,16H2,1-3H3,(H,33,35)/b32-15-. The molecular formula is C28H24Cl2IN3O3. The van der Waals surface area contributed by atoms with E-state index in [2.05, 4.69) is 37.7 Å². The molecule has 1 amide bonds. The molecule has 0 spiro atoms. The molecule has 0 aliphatic heterocycles. The third-order valence-electron chi connectivity index (χ3n) is 5.69. The van der Waals surface area contributed by atoms with Gasteiger partial charge in [-0.2, -0.15) is 5.10 Å². The first kappa shape index (κ1) is 27.0. The third kappa shape index (κ3) is 6.29. The highest BCUT2D eigenvalue weighted by atomic mass is 127.